The lowest BCUT2D eigenvalue weighted by atomic mass is 9.48. The smallest absolute Gasteiger partial charge is 0.262 e. The lowest BCUT2D eigenvalue weighted by molar-refractivity contribution is -0.141. The quantitative estimate of drug-likeness (QED) is 0.316. The molecule has 0 N–H and O–H groups in total. The zero-order valence-corrected chi connectivity index (χ0v) is 19.5. The summed E-state index contributed by atoms with van der Waals surface area (Å²) in [7, 11) is 1.66. The molecule has 7 heteroatoms. The molecule has 0 amide bonds. The summed E-state index contributed by atoms with van der Waals surface area (Å²) in [6.07, 6.45) is 7.90. The van der Waals surface area contributed by atoms with Gasteiger partial charge in [0.25, 0.3) is 5.56 Å². The third-order valence-electron chi connectivity index (χ3n) is 7.57. The molecule has 0 unspecified atom stereocenters. The van der Waals surface area contributed by atoms with Crippen molar-refractivity contribution >= 4 is 40.0 Å². The van der Waals surface area contributed by atoms with Crippen LogP contribution in [0.1, 0.15) is 44.9 Å². The molecule has 1 heterocycles. The Morgan fingerprint density at radius 2 is 1.90 bits per heavy atom. The molecule has 1 aromatic heterocycles. The van der Waals surface area contributed by atoms with Gasteiger partial charge in [0.15, 0.2) is 5.16 Å². The maximum atomic E-state index is 13.5. The number of fused-ring (bicyclic) bond motifs is 1. The molecule has 5 nitrogen and oxygen atoms in total. The van der Waals surface area contributed by atoms with E-state index >= 15 is 0 Å². The molecular formula is C24H29ClN2O3S. The molecule has 31 heavy (non-hydrogen) atoms. The number of ether oxygens (including phenoxy) is 1. The standard InChI is InChI=1S/C24H29ClN2O3S/c1-30-6-2-5-27-22(29)19-4-3-18(25)10-20(19)26-23(27)31-14-21(28)24-11-15-7-16(12-24)9-17(8-15)13-24/h3-4,10,15-17H,2,5-9,11-14H2,1H3. The predicted octanol–water partition coefficient (Wildman–Crippen LogP) is 4.96. The fourth-order valence-electron chi connectivity index (χ4n) is 6.58. The number of ketones is 1. The van der Waals surface area contributed by atoms with Crippen molar-refractivity contribution in [2.75, 3.05) is 19.5 Å². The fraction of sp³-hybridized carbons (Fsp3) is 0.625. The number of Topliss-reactive ketones (excluding diaryl/α,β-unsaturated/α-hetero) is 1. The summed E-state index contributed by atoms with van der Waals surface area (Å²) in [4.78, 5) is 31.4. The Labute approximate surface area is 191 Å². The van der Waals surface area contributed by atoms with Gasteiger partial charge in [0.1, 0.15) is 5.78 Å². The molecule has 0 atom stereocenters. The molecule has 1 aromatic carbocycles. The summed E-state index contributed by atoms with van der Waals surface area (Å²) in [5.41, 5.74) is 0.385. The van der Waals surface area contributed by atoms with E-state index in [0.717, 1.165) is 37.0 Å². The van der Waals surface area contributed by atoms with E-state index < -0.39 is 0 Å². The Hall–Kier alpha value is -1.37. The zero-order valence-electron chi connectivity index (χ0n) is 17.9. The highest BCUT2D eigenvalue weighted by atomic mass is 35.5. The second-order valence-electron chi connectivity index (χ2n) is 9.77. The number of halogens is 1. The van der Waals surface area contributed by atoms with Crippen LogP contribution >= 0.6 is 23.4 Å². The van der Waals surface area contributed by atoms with Gasteiger partial charge in [-0.25, -0.2) is 4.98 Å². The Bertz CT molecular complexity index is 1030. The highest BCUT2D eigenvalue weighted by molar-refractivity contribution is 7.99. The van der Waals surface area contributed by atoms with Gasteiger partial charge in [0.2, 0.25) is 0 Å². The van der Waals surface area contributed by atoms with Crippen molar-refractivity contribution in [3.63, 3.8) is 0 Å². The van der Waals surface area contributed by atoms with E-state index in [1.54, 1.807) is 29.9 Å². The number of benzene rings is 1. The van der Waals surface area contributed by atoms with Crippen LogP contribution in [0.15, 0.2) is 28.2 Å². The van der Waals surface area contributed by atoms with Crippen LogP contribution in [0.5, 0.6) is 0 Å². The minimum atomic E-state index is -0.122. The first-order chi connectivity index (χ1) is 15.0. The van der Waals surface area contributed by atoms with Gasteiger partial charge in [-0.15, -0.1) is 0 Å². The van der Waals surface area contributed by atoms with Crippen LogP contribution in [-0.2, 0) is 16.1 Å². The summed E-state index contributed by atoms with van der Waals surface area (Å²) in [6, 6.07) is 5.17. The number of aromatic nitrogens is 2. The number of hydrogen-bond donors (Lipinski definition) is 0. The van der Waals surface area contributed by atoms with E-state index in [2.05, 4.69) is 0 Å². The summed E-state index contributed by atoms with van der Waals surface area (Å²) in [5.74, 6) is 2.98. The topological polar surface area (TPSA) is 61.2 Å². The summed E-state index contributed by atoms with van der Waals surface area (Å²) in [6.45, 7) is 1.09. The van der Waals surface area contributed by atoms with E-state index in [4.69, 9.17) is 21.3 Å². The Morgan fingerprint density at radius 1 is 1.23 bits per heavy atom. The van der Waals surface area contributed by atoms with Crippen molar-refractivity contribution in [2.45, 2.75) is 56.6 Å². The number of carbonyl (C=O) groups is 1. The second kappa shape index (κ2) is 8.53. The molecule has 4 saturated carbocycles. The molecule has 0 aliphatic heterocycles. The maximum absolute atomic E-state index is 13.5. The monoisotopic (exact) mass is 460 g/mol. The molecular weight excluding hydrogens is 432 g/mol. The van der Waals surface area contributed by atoms with Gasteiger partial charge in [0, 0.05) is 30.7 Å². The van der Waals surface area contributed by atoms with Crippen molar-refractivity contribution < 1.29 is 9.53 Å². The van der Waals surface area contributed by atoms with E-state index in [9.17, 15) is 9.59 Å². The van der Waals surface area contributed by atoms with Crippen LogP contribution in [0.25, 0.3) is 10.9 Å². The number of nitrogens with zero attached hydrogens (tertiary/aromatic N) is 2. The molecule has 0 spiro atoms. The van der Waals surface area contributed by atoms with Gasteiger partial charge in [-0.1, -0.05) is 23.4 Å². The molecule has 2 aromatic rings. The average molecular weight is 461 g/mol. The van der Waals surface area contributed by atoms with E-state index in [1.165, 1.54) is 31.0 Å². The SMILES string of the molecule is COCCCn1c(SCC(=O)C23CC4CC(CC(C4)C2)C3)nc2cc(Cl)ccc2c1=O. The lowest BCUT2D eigenvalue weighted by Gasteiger charge is -2.56. The summed E-state index contributed by atoms with van der Waals surface area (Å²) < 4.78 is 6.87. The van der Waals surface area contributed by atoms with Crippen LogP contribution in [-0.4, -0.2) is 34.8 Å². The number of carbonyl (C=O) groups excluding carboxylic acids is 1. The minimum absolute atomic E-state index is 0.0810. The number of methoxy groups -OCH3 is 1. The predicted molar refractivity (Wildman–Crippen MR) is 124 cm³/mol. The first-order valence-electron chi connectivity index (χ1n) is 11.3. The zero-order chi connectivity index (χ0) is 21.6. The third-order valence-corrected chi connectivity index (χ3v) is 8.79. The highest BCUT2D eigenvalue weighted by Gasteiger charge is 2.54. The normalized spacial score (nSPS) is 29.0. The van der Waals surface area contributed by atoms with Gasteiger partial charge < -0.3 is 4.74 Å². The van der Waals surface area contributed by atoms with Crippen molar-refractivity contribution in [3.05, 3.63) is 33.6 Å². The minimum Gasteiger partial charge on any atom is -0.385 e. The second-order valence-corrected chi connectivity index (χ2v) is 11.1. The van der Waals surface area contributed by atoms with Crippen LogP contribution < -0.4 is 5.56 Å². The van der Waals surface area contributed by atoms with Gasteiger partial charge in [0.05, 0.1) is 16.7 Å². The van der Waals surface area contributed by atoms with E-state index in [1.807, 2.05) is 0 Å². The fourth-order valence-corrected chi connectivity index (χ4v) is 7.81. The summed E-state index contributed by atoms with van der Waals surface area (Å²) >= 11 is 7.56. The Balaban J connectivity index is 1.40. The molecule has 4 aliphatic carbocycles. The van der Waals surface area contributed by atoms with Gasteiger partial charge in [-0.2, -0.15) is 0 Å². The van der Waals surface area contributed by atoms with Gasteiger partial charge >= 0.3 is 0 Å². The lowest BCUT2D eigenvalue weighted by Crippen LogP contribution is -2.50. The molecule has 0 saturated heterocycles. The van der Waals surface area contributed by atoms with Crippen LogP contribution in [0.4, 0.5) is 0 Å². The van der Waals surface area contributed by atoms with E-state index in [-0.39, 0.29) is 11.0 Å². The maximum Gasteiger partial charge on any atom is 0.262 e. The number of hydrogen-bond acceptors (Lipinski definition) is 5. The molecule has 4 bridgehead atoms. The van der Waals surface area contributed by atoms with Crippen molar-refractivity contribution in [3.8, 4) is 0 Å². The highest BCUT2D eigenvalue weighted by Crippen LogP contribution is 2.60. The average Bonchev–Trinajstić information content (AvgIpc) is 2.72. The molecule has 6 rings (SSSR count). The van der Waals surface area contributed by atoms with Crippen LogP contribution in [0.3, 0.4) is 0 Å². The first kappa shape index (κ1) is 21.5. The van der Waals surface area contributed by atoms with Crippen LogP contribution in [0.2, 0.25) is 5.02 Å². The number of rotatable bonds is 8. The molecule has 4 fully saturated rings. The van der Waals surface area contributed by atoms with Crippen molar-refractivity contribution in [1.29, 1.82) is 0 Å². The van der Waals surface area contributed by atoms with Crippen molar-refractivity contribution in [1.82, 2.24) is 9.55 Å². The Kier molecular flexibility index (Phi) is 5.91. The van der Waals surface area contributed by atoms with E-state index in [0.29, 0.717) is 52.2 Å². The molecule has 0 radical (unpaired) electrons. The van der Waals surface area contributed by atoms with Crippen molar-refractivity contribution in [2.24, 2.45) is 23.2 Å². The van der Waals surface area contributed by atoms with Crippen LogP contribution in [0, 0.1) is 23.2 Å². The number of thioether (sulfide) groups is 1. The first-order valence-corrected chi connectivity index (χ1v) is 12.7. The molecule has 4 aliphatic rings. The van der Waals surface area contributed by atoms with Gasteiger partial charge in [-0.05, 0) is 80.9 Å². The summed E-state index contributed by atoms with van der Waals surface area (Å²) in [5, 5.41) is 1.71. The molecule has 166 valence electrons. The largest absolute Gasteiger partial charge is 0.385 e. The van der Waals surface area contributed by atoms with Gasteiger partial charge in [-0.3, -0.25) is 14.2 Å². The Morgan fingerprint density at radius 3 is 2.55 bits per heavy atom. The third kappa shape index (κ3) is 4.07.